The van der Waals surface area contributed by atoms with Crippen molar-refractivity contribution in [2.45, 2.75) is 13.0 Å². The van der Waals surface area contributed by atoms with Gasteiger partial charge in [0.1, 0.15) is 21.7 Å². The Morgan fingerprint density at radius 2 is 2.07 bits per heavy atom. The van der Waals surface area contributed by atoms with Crippen molar-refractivity contribution in [3.8, 4) is 22.3 Å². The zero-order chi connectivity index (χ0) is 19.0. The maximum Gasteiger partial charge on any atom is 0.268 e. The van der Waals surface area contributed by atoms with Crippen LogP contribution in [0, 0.1) is 11.3 Å². The Morgan fingerprint density at radius 1 is 1.30 bits per heavy atom. The third-order valence-corrected chi connectivity index (χ3v) is 6.85. The van der Waals surface area contributed by atoms with Crippen LogP contribution in [0.1, 0.15) is 25.7 Å². The number of methoxy groups -OCH3 is 1. The number of rotatable bonds is 3. The number of fused-ring (bicyclic) bond motifs is 1. The summed E-state index contributed by atoms with van der Waals surface area (Å²) >= 11 is 2.85. The molecule has 0 saturated carbocycles. The number of nitrogens with zero attached hydrogens (tertiary/aromatic N) is 2. The molecule has 3 aromatic rings. The Kier molecular flexibility index (Phi) is 4.60. The van der Waals surface area contributed by atoms with Crippen molar-refractivity contribution < 1.29 is 9.53 Å². The molecule has 1 amide bonds. The molecule has 1 aliphatic rings. The number of thiophene rings is 2. The summed E-state index contributed by atoms with van der Waals surface area (Å²) in [6.45, 7) is 1.05. The van der Waals surface area contributed by atoms with Crippen LogP contribution in [-0.2, 0) is 13.0 Å². The molecule has 0 saturated heterocycles. The maximum atomic E-state index is 13.2. The lowest BCUT2D eigenvalue weighted by atomic mass is 10.0. The van der Waals surface area contributed by atoms with Crippen LogP contribution < -0.4 is 10.5 Å². The summed E-state index contributed by atoms with van der Waals surface area (Å²) in [4.78, 5) is 17.6. The third kappa shape index (κ3) is 3.07. The number of benzene rings is 1. The molecule has 0 aliphatic carbocycles. The lowest BCUT2D eigenvalue weighted by molar-refractivity contribution is 0.0739. The van der Waals surface area contributed by atoms with Gasteiger partial charge in [0.05, 0.1) is 19.2 Å². The molecular formula is C20H17N3O2S2. The topological polar surface area (TPSA) is 79.3 Å². The number of anilines is 1. The van der Waals surface area contributed by atoms with Crippen LogP contribution >= 0.6 is 22.7 Å². The Hall–Kier alpha value is -2.82. The molecular weight excluding hydrogens is 378 g/mol. The van der Waals surface area contributed by atoms with Crippen LogP contribution in [0.15, 0.2) is 36.4 Å². The van der Waals surface area contributed by atoms with E-state index in [1.165, 1.54) is 22.7 Å². The van der Waals surface area contributed by atoms with Crippen LogP contribution in [0.2, 0.25) is 0 Å². The highest BCUT2D eigenvalue weighted by molar-refractivity contribution is 7.18. The van der Waals surface area contributed by atoms with Gasteiger partial charge in [-0.15, -0.1) is 22.7 Å². The number of carbonyl (C=O) groups excluding carboxylic acids is 1. The molecule has 0 fully saturated rings. The van der Waals surface area contributed by atoms with Crippen LogP contribution in [0.5, 0.6) is 5.75 Å². The zero-order valence-corrected chi connectivity index (χ0v) is 16.3. The molecule has 3 heterocycles. The predicted octanol–water partition coefficient (Wildman–Crippen LogP) is 4.14. The zero-order valence-electron chi connectivity index (χ0n) is 14.7. The van der Waals surface area contributed by atoms with Gasteiger partial charge in [0.25, 0.3) is 5.91 Å². The normalized spacial score (nSPS) is 13.1. The largest absolute Gasteiger partial charge is 0.495 e. The minimum Gasteiger partial charge on any atom is -0.495 e. The monoisotopic (exact) mass is 395 g/mol. The van der Waals surface area contributed by atoms with Crippen molar-refractivity contribution in [2.24, 2.45) is 0 Å². The predicted molar refractivity (Wildman–Crippen MR) is 108 cm³/mol. The second-order valence-corrected chi connectivity index (χ2v) is 8.39. The van der Waals surface area contributed by atoms with Crippen LogP contribution in [-0.4, -0.2) is 24.5 Å². The van der Waals surface area contributed by atoms with Gasteiger partial charge in [-0.2, -0.15) is 5.26 Å². The van der Waals surface area contributed by atoms with E-state index >= 15 is 0 Å². The number of carbonyl (C=O) groups is 1. The van der Waals surface area contributed by atoms with Crippen molar-refractivity contribution in [3.63, 3.8) is 0 Å². The summed E-state index contributed by atoms with van der Waals surface area (Å²) in [6, 6.07) is 14.1. The van der Waals surface area contributed by atoms with Crippen molar-refractivity contribution >= 4 is 33.6 Å². The molecule has 0 spiro atoms. The van der Waals surface area contributed by atoms with Gasteiger partial charge in [0, 0.05) is 16.3 Å². The quantitative estimate of drug-likeness (QED) is 0.723. The number of hydrogen-bond acceptors (Lipinski definition) is 6. The molecule has 2 aromatic heterocycles. The summed E-state index contributed by atoms with van der Waals surface area (Å²) in [5.74, 6) is 0.549. The Morgan fingerprint density at radius 3 is 2.78 bits per heavy atom. The van der Waals surface area contributed by atoms with Gasteiger partial charge in [-0.05, 0) is 23.6 Å². The fraction of sp³-hybridized carbons (Fsp3) is 0.200. The second-order valence-electron chi connectivity index (χ2n) is 6.21. The minimum absolute atomic E-state index is 0.0461. The number of nitriles is 1. The standard InChI is InChI=1S/C20H17N3O2S2/c1-25-15-9-16(12-5-3-2-4-6-12)26-18(15)20(24)23-8-7-13-14(10-21)19(22)27-17(13)11-23/h2-6,9H,7-8,11,22H2,1H3. The molecule has 4 rings (SSSR count). The highest BCUT2D eigenvalue weighted by atomic mass is 32.1. The van der Waals surface area contributed by atoms with E-state index < -0.39 is 0 Å². The van der Waals surface area contributed by atoms with Gasteiger partial charge in [-0.25, -0.2) is 0 Å². The summed E-state index contributed by atoms with van der Waals surface area (Å²) < 4.78 is 5.47. The van der Waals surface area contributed by atoms with Gasteiger partial charge in [-0.1, -0.05) is 30.3 Å². The van der Waals surface area contributed by atoms with Gasteiger partial charge in [-0.3, -0.25) is 4.79 Å². The van der Waals surface area contributed by atoms with E-state index in [0.29, 0.717) is 40.7 Å². The molecule has 0 unspecified atom stereocenters. The first-order chi connectivity index (χ1) is 13.1. The van der Waals surface area contributed by atoms with Gasteiger partial charge in [0.15, 0.2) is 0 Å². The van der Waals surface area contributed by atoms with Crippen LogP contribution in [0.3, 0.4) is 0 Å². The molecule has 1 aromatic carbocycles. The smallest absolute Gasteiger partial charge is 0.268 e. The van der Waals surface area contributed by atoms with Crippen molar-refractivity contribution in [1.82, 2.24) is 4.90 Å². The number of hydrogen-bond donors (Lipinski definition) is 1. The second kappa shape index (κ2) is 7.06. The van der Waals surface area contributed by atoms with Crippen molar-refractivity contribution in [3.05, 3.63) is 57.3 Å². The average molecular weight is 396 g/mol. The number of nitrogen functional groups attached to an aromatic ring is 1. The molecule has 1 aliphatic heterocycles. The number of nitrogens with two attached hydrogens (primary N) is 1. The van der Waals surface area contributed by atoms with Crippen LogP contribution in [0.25, 0.3) is 10.4 Å². The fourth-order valence-corrected chi connectivity index (χ4v) is 5.47. The van der Waals surface area contributed by atoms with E-state index in [-0.39, 0.29) is 5.91 Å². The highest BCUT2D eigenvalue weighted by Gasteiger charge is 2.29. The molecule has 136 valence electrons. The van der Waals surface area contributed by atoms with E-state index in [1.54, 1.807) is 7.11 Å². The van der Waals surface area contributed by atoms with E-state index in [0.717, 1.165) is 20.9 Å². The van der Waals surface area contributed by atoms with Crippen molar-refractivity contribution in [1.29, 1.82) is 5.26 Å². The van der Waals surface area contributed by atoms with Crippen molar-refractivity contribution in [2.75, 3.05) is 19.4 Å². The Labute approximate surface area is 165 Å². The summed E-state index contributed by atoms with van der Waals surface area (Å²) in [5, 5.41) is 9.82. The fourth-order valence-electron chi connectivity index (χ4n) is 3.28. The Bertz CT molecular complexity index is 1050. The molecule has 0 bridgehead atoms. The Balaban J connectivity index is 1.63. The van der Waals surface area contributed by atoms with Gasteiger partial charge >= 0.3 is 0 Å². The lowest BCUT2D eigenvalue weighted by Gasteiger charge is -2.26. The van der Waals surface area contributed by atoms with E-state index in [4.69, 9.17) is 10.5 Å². The van der Waals surface area contributed by atoms with Gasteiger partial charge in [0.2, 0.25) is 0 Å². The van der Waals surface area contributed by atoms with E-state index in [2.05, 4.69) is 6.07 Å². The molecule has 2 N–H and O–H groups in total. The molecule has 27 heavy (non-hydrogen) atoms. The molecule has 0 atom stereocenters. The van der Waals surface area contributed by atoms with Gasteiger partial charge < -0.3 is 15.4 Å². The summed E-state index contributed by atoms with van der Waals surface area (Å²) in [5.41, 5.74) is 8.58. The maximum absolute atomic E-state index is 13.2. The first-order valence-corrected chi connectivity index (χ1v) is 10.1. The summed E-state index contributed by atoms with van der Waals surface area (Å²) in [7, 11) is 1.58. The highest BCUT2D eigenvalue weighted by Crippen LogP contribution is 2.39. The van der Waals surface area contributed by atoms with Crippen LogP contribution in [0.4, 0.5) is 5.00 Å². The SMILES string of the molecule is COc1cc(-c2ccccc2)sc1C(=O)N1CCc2c(sc(N)c2C#N)C1. The first-order valence-electron chi connectivity index (χ1n) is 8.45. The first kappa shape index (κ1) is 17.6. The minimum atomic E-state index is -0.0461. The van der Waals surface area contributed by atoms with E-state index in [1.807, 2.05) is 41.3 Å². The number of ether oxygens (including phenoxy) is 1. The summed E-state index contributed by atoms with van der Waals surface area (Å²) in [6.07, 6.45) is 0.650. The molecule has 7 heteroatoms. The third-order valence-electron chi connectivity index (χ3n) is 4.65. The molecule has 0 radical (unpaired) electrons. The lowest BCUT2D eigenvalue weighted by Crippen LogP contribution is -2.35. The van der Waals surface area contributed by atoms with E-state index in [9.17, 15) is 10.1 Å². The molecule has 5 nitrogen and oxygen atoms in total. The number of amides is 1. The average Bonchev–Trinajstić information content (AvgIpc) is 3.27.